The average Bonchev–Trinajstić information content (AvgIpc) is 2.30. The van der Waals surface area contributed by atoms with E-state index in [1.165, 1.54) is 12.1 Å². The van der Waals surface area contributed by atoms with Gasteiger partial charge in [-0.25, -0.2) is 17.6 Å². The van der Waals surface area contributed by atoms with Gasteiger partial charge in [-0.2, -0.15) is 0 Å². The summed E-state index contributed by atoms with van der Waals surface area (Å²) in [5.74, 6) is -5.15. The summed E-state index contributed by atoms with van der Waals surface area (Å²) in [7, 11) is 0. The van der Waals surface area contributed by atoms with Gasteiger partial charge in [0.1, 0.15) is 5.82 Å². The van der Waals surface area contributed by atoms with Crippen LogP contribution in [0.2, 0.25) is 5.02 Å². The van der Waals surface area contributed by atoms with Crippen LogP contribution in [0.3, 0.4) is 0 Å². The lowest BCUT2D eigenvalue weighted by Crippen LogP contribution is -1.94. The molecule has 0 atom stereocenters. The Morgan fingerprint density at radius 2 is 1.65 bits per heavy atom. The summed E-state index contributed by atoms with van der Waals surface area (Å²) < 4.78 is 52.2. The lowest BCUT2D eigenvalue weighted by atomic mass is 10.0. The minimum Gasteiger partial charge on any atom is -0.205 e. The van der Waals surface area contributed by atoms with E-state index in [4.69, 9.17) is 11.6 Å². The fraction of sp³-hybridized carbons (Fsp3) is 0. The summed E-state index contributed by atoms with van der Waals surface area (Å²) in [5, 5.41) is -0.142. The van der Waals surface area contributed by atoms with Crippen molar-refractivity contribution >= 4 is 11.6 Å². The average molecular weight is 260 g/mol. The molecule has 0 aliphatic heterocycles. The van der Waals surface area contributed by atoms with Crippen molar-refractivity contribution in [2.75, 3.05) is 0 Å². The SMILES string of the molecule is Fc1cc(-c2[c]cc(F)c(F)c2F)ccc1Cl. The highest BCUT2D eigenvalue weighted by Crippen LogP contribution is 2.28. The van der Waals surface area contributed by atoms with Crippen LogP contribution >= 0.6 is 11.6 Å². The molecule has 1 radical (unpaired) electrons. The number of hydrogen-bond donors (Lipinski definition) is 0. The molecule has 0 bridgehead atoms. The predicted molar refractivity (Wildman–Crippen MR) is 55.6 cm³/mol. The molecule has 0 heterocycles. The van der Waals surface area contributed by atoms with E-state index in [1.807, 2.05) is 0 Å². The first-order valence-electron chi connectivity index (χ1n) is 4.51. The van der Waals surface area contributed by atoms with E-state index in [0.29, 0.717) is 6.07 Å². The monoisotopic (exact) mass is 259 g/mol. The Balaban J connectivity index is 2.61. The zero-order valence-corrected chi connectivity index (χ0v) is 8.96. The molecule has 0 aliphatic carbocycles. The summed E-state index contributed by atoms with van der Waals surface area (Å²) in [6.45, 7) is 0. The smallest absolute Gasteiger partial charge is 0.195 e. The molecule has 0 saturated heterocycles. The minimum atomic E-state index is -1.62. The van der Waals surface area contributed by atoms with E-state index in [9.17, 15) is 17.6 Å². The van der Waals surface area contributed by atoms with Crippen molar-refractivity contribution in [3.8, 4) is 11.1 Å². The van der Waals surface area contributed by atoms with Crippen molar-refractivity contribution in [1.82, 2.24) is 0 Å². The maximum Gasteiger partial charge on any atom is 0.195 e. The van der Waals surface area contributed by atoms with E-state index >= 15 is 0 Å². The van der Waals surface area contributed by atoms with Crippen LogP contribution in [-0.2, 0) is 0 Å². The number of halogens is 5. The Morgan fingerprint density at radius 3 is 2.29 bits per heavy atom. The predicted octanol–water partition coefficient (Wildman–Crippen LogP) is 4.36. The van der Waals surface area contributed by atoms with Crippen molar-refractivity contribution in [2.24, 2.45) is 0 Å². The van der Waals surface area contributed by atoms with Gasteiger partial charge in [0.25, 0.3) is 0 Å². The lowest BCUT2D eigenvalue weighted by Gasteiger charge is -2.05. The largest absolute Gasteiger partial charge is 0.205 e. The van der Waals surface area contributed by atoms with Gasteiger partial charge in [-0.3, -0.25) is 0 Å². The third-order valence-electron chi connectivity index (χ3n) is 2.17. The second kappa shape index (κ2) is 4.37. The van der Waals surface area contributed by atoms with Crippen molar-refractivity contribution < 1.29 is 17.6 Å². The Morgan fingerprint density at radius 1 is 0.941 bits per heavy atom. The first-order valence-corrected chi connectivity index (χ1v) is 4.89. The Bertz CT molecular complexity index is 581. The molecule has 0 N–H and O–H groups in total. The Kier molecular flexibility index (Phi) is 3.07. The standard InChI is InChI=1S/C12H4ClF4/c13-8-3-1-6(5-10(8)15)7-2-4-9(14)12(17)11(7)16/h1,3-5H. The maximum absolute atomic E-state index is 13.4. The van der Waals surface area contributed by atoms with Gasteiger partial charge in [-0.05, 0) is 29.8 Å². The lowest BCUT2D eigenvalue weighted by molar-refractivity contribution is 0.448. The molecular weight excluding hydrogens is 256 g/mol. The number of benzene rings is 2. The summed E-state index contributed by atoms with van der Waals surface area (Å²) in [6, 6.07) is 6.27. The van der Waals surface area contributed by atoms with Crippen LogP contribution in [0, 0.1) is 29.3 Å². The van der Waals surface area contributed by atoms with Crippen molar-refractivity contribution in [3.63, 3.8) is 0 Å². The fourth-order valence-electron chi connectivity index (χ4n) is 1.34. The molecule has 87 valence electrons. The molecule has 5 heteroatoms. The van der Waals surface area contributed by atoms with Crippen molar-refractivity contribution in [1.29, 1.82) is 0 Å². The van der Waals surface area contributed by atoms with Gasteiger partial charge >= 0.3 is 0 Å². The normalized spacial score (nSPS) is 10.6. The summed E-state index contributed by atoms with van der Waals surface area (Å²) >= 11 is 5.45. The van der Waals surface area contributed by atoms with Gasteiger partial charge in [-0.1, -0.05) is 17.7 Å². The molecule has 0 unspecified atom stereocenters. The van der Waals surface area contributed by atoms with Gasteiger partial charge in [0.15, 0.2) is 17.5 Å². The molecule has 2 aromatic carbocycles. The fourth-order valence-corrected chi connectivity index (χ4v) is 1.46. The Hall–Kier alpha value is -1.55. The molecule has 0 spiro atoms. The zero-order valence-electron chi connectivity index (χ0n) is 8.20. The van der Waals surface area contributed by atoms with E-state index in [-0.39, 0.29) is 16.1 Å². The molecule has 0 fully saturated rings. The topological polar surface area (TPSA) is 0 Å². The summed E-state index contributed by atoms with van der Waals surface area (Å²) in [4.78, 5) is 0. The molecule has 2 aromatic rings. The first-order chi connectivity index (χ1) is 8.00. The van der Waals surface area contributed by atoms with Gasteiger partial charge in [0.05, 0.1) is 5.02 Å². The third kappa shape index (κ3) is 2.13. The maximum atomic E-state index is 13.4. The first kappa shape index (κ1) is 11.9. The molecule has 0 saturated carbocycles. The summed E-state index contributed by atoms with van der Waals surface area (Å²) in [6.07, 6.45) is 0. The van der Waals surface area contributed by atoms with Gasteiger partial charge in [0, 0.05) is 5.56 Å². The van der Waals surface area contributed by atoms with Crippen LogP contribution in [0.1, 0.15) is 0 Å². The number of rotatable bonds is 1. The molecule has 17 heavy (non-hydrogen) atoms. The molecule has 0 amide bonds. The van der Waals surface area contributed by atoms with E-state index in [1.54, 1.807) is 0 Å². The highest BCUT2D eigenvalue weighted by Gasteiger charge is 2.15. The van der Waals surface area contributed by atoms with Gasteiger partial charge in [0.2, 0.25) is 0 Å². The second-order valence-corrected chi connectivity index (χ2v) is 3.68. The minimum absolute atomic E-state index is 0.0308. The van der Waals surface area contributed by atoms with Crippen LogP contribution in [-0.4, -0.2) is 0 Å². The molecule has 0 aromatic heterocycles. The molecule has 0 nitrogen and oxygen atoms in total. The molecule has 2 rings (SSSR count). The number of hydrogen-bond acceptors (Lipinski definition) is 0. The van der Waals surface area contributed by atoms with Crippen LogP contribution in [0.5, 0.6) is 0 Å². The van der Waals surface area contributed by atoms with Gasteiger partial charge < -0.3 is 0 Å². The highest BCUT2D eigenvalue weighted by molar-refractivity contribution is 6.30. The van der Waals surface area contributed by atoms with Crippen LogP contribution in [0.4, 0.5) is 17.6 Å². The highest BCUT2D eigenvalue weighted by atomic mass is 35.5. The Labute approximate surface area is 99.5 Å². The van der Waals surface area contributed by atoms with Crippen LogP contribution in [0.25, 0.3) is 11.1 Å². The van der Waals surface area contributed by atoms with Gasteiger partial charge in [-0.15, -0.1) is 0 Å². The molecular formula is C12H4ClF4. The zero-order chi connectivity index (χ0) is 12.6. The van der Waals surface area contributed by atoms with Crippen LogP contribution in [0.15, 0.2) is 24.3 Å². The van der Waals surface area contributed by atoms with E-state index in [2.05, 4.69) is 6.07 Å². The van der Waals surface area contributed by atoms with Crippen molar-refractivity contribution in [2.45, 2.75) is 0 Å². The van der Waals surface area contributed by atoms with Crippen LogP contribution < -0.4 is 0 Å². The van der Waals surface area contributed by atoms with Crippen molar-refractivity contribution in [3.05, 3.63) is 58.6 Å². The second-order valence-electron chi connectivity index (χ2n) is 3.27. The summed E-state index contributed by atoms with van der Waals surface area (Å²) in [5.41, 5.74) is -0.317. The molecule has 0 aliphatic rings. The quantitative estimate of drug-likeness (QED) is 0.527. The van der Waals surface area contributed by atoms with E-state index in [0.717, 1.165) is 6.07 Å². The van der Waals surface area contributed by atoms with E-state index < -0.39 is 23.3 Å². The third-order valence-corrected chi connectivity index (χ3v) is 2.48.